The highest BCUT2D eigenvalue weighted by molar-refractivity contribution is 5.78. The van der Waals surface area contributed by atoms with E-state index in [-0.39, 0.29) is 11.3 Å². The van der Waals surface area contributed by atoms with Gasteiger partial charge >= 0.3 is 0 Å². The summed E-state index contributed by atoms with van der Waals surface area (Å²) < 4.78 is 5.04. The Kier molecular flexibility index (Phi) is 4.48. The maximum Gasteiger partial charge on any atom is 0.234 e. The molecule has 1 aliphatic carbocycles. The van der Waals surface area contributed by atoms with Crippen molar-refractivity contribution >= 4 is 5.91 Å². The third-order valence-electron chi connectivity index (χ3n) is 4.39. The monoisotopic (exact) mass is 313 g/mol. The van der Waals surface area contributed by atoms with Gasteiger partial charge in [-0.2, -0.15) is 0 Å². The van der Waals surface area contributed by atoms with Crippen LogP contribution in [0.3, 0.4) is 0 Å². The van der Waals surface area contributed by atoms with Crippen LogP contribution in [0.1, 0.15) is 29.9 Å². The summed E-state index contributed by atoms with van der Waals surface area (Å²) in [5.41, 5.74) is 2.33. The Morgan fingerprint density at radius 2 is 2.09 bits per heavy atom. The van der Waals surface area contributed by atoms with E-state index >= 15 is 0 Å². The second-order valence-corrected chi connectivity index (χ2v) is 6.52. The molecule has 0 saturated heterocycles. The lowest BCUT2D eigenvalue weighted by Gasteiger charge is -2.19. The molecule has 1 N–H and O–H groups in total. The molecule has 1 aromatic heterocycles. The van der Waals surface area contributed by atoms with Crippen molar-refractivity contribution in [2.24, 2.45) is 0 Å². The molecule has 0 atom stereocenters. The number of aromatic nitrogens is 1. The number of nitrogens with zero attached hydrogens (tertiary/aromatic N) is 2. The van der Waals surface area contributed by atoms with Gasteiger partial charge in [0.05, 0.1) is 12.2 Å². The summed E-state index contributed by atoms with van der Waals surface area (Å²) in [6.45, 7) is 3.54. The molecule has 1 aliphatic rings. The Morgan fingerprint density at radius 3 is 2.70 bits per heavy atom. The Labute approximate surface area is 136 Å². The van der Waals surface area contributed by atoms with Gasteiger partial charge in [-0.3, -0.25) is 9.69 Å². The minimum absolute atomic E-state index is 0.0509. The van der Waals surface area contributed by atoms with E-state index in [4.69, 9.17) is 4.52 Å². The van der Waals surface area contributed by atoms with Crippen molar-refractivity contribution < 1.29 is 9.32 Å². The molecule has 122 valence electrons. The zero-order valence-electron chi connectivity index (χ0n) is 13.7. The molecule has 0 aliphatic heterocycles. The summed E-state index contributed by atoms with van der Waals surface area (Å²) in [4.78, 5) is 14.1. The minimum atomic E-state index is 0.0509. The standard InChI is InChI=1S/C18H23N3O2/c1-14-10-16(20-23-14)11-21(2)12-17(22)19-13-18(8-9-18)15-6-4-3-5-7-15/h3-7,10H,8-9,11-13H2,1-2H3,(H,19,22). The molecule has 5 nitrogen and oxygen atoms in total. The van der Waals surface area contributed by atoms with Crippen molar-refractivity contribution in [3.63, 3.8) is 0 Å². The Bertz CT molecular complexity index is 662. The molecular formula is C18H23N3O2. The Hall–Kier alpha value is -2.14. The predicted molar refractivity (Wildman–Crippen MR) is 87.9 cm³/mol. The van der Waals surface area contributed by atoms with Crippen LogP contribution >= 0.6 is 0 Å². The summed E-state index contributed by atoms with van der Waals surface area (Å²) in [5.74, 6) is 0.839. The molecule has 1 saturated carbocycles. The summed E-state index contributed by atoms with van der Waals surface area (Å²) in [5, 5.41) is 7.03. The van der Waals surface area contributed by atoms with Gasteiger partial charge in [-0.15, -0.1) is 0 Å². The number of carbonyl (C=O) groups excluding carboxylic acids is 1. The van der Waals surface area contributed by atoms with Crippen LogP contribution in [0.5, 0.6) is 0 Å². The minimum Gasteiger partial charge on any atom is -0.361 e. The fraction of sp³-hybridized carbons (Fsp3) is 0.444. The van der Waals surface area contributed by atoms with Gasteiger partial charge in [-0.1, -0.05) is 35.5 Å². The lowest BCUT2D eigenvalue weighted by molar-refractivity contribution is -0.122. The maximum atomic E-state index is 12.2. The van der Waals surface area contributed by atoms with E-state index in [1.165, 1.54) is 5.56 Å². The quantitative estimate of drug-likeness (QED) is 0.852. The highest BCUT2D eigenvalue weighted by atomic mass is 16.5. The molecule has 1 amide bonds. The zero-order valence-corrected chi connectivity index (χ0v) is 13.7. The highest BCUT2D eigenvalue weighted by Gasteiger charge is 2.44. The topological polar surface area (TPSA) is 58.4 Å². The first kappa shape index (κ1) is 15.7. The molecule has 5 heteroatoms. The fourth-order valence-electron chi connectivity index (χ4n) is 2.90. The van der Waals surface area contributed by atoms with Crippen LogP contribution in [0.2, 0.25) is 0 Å². The first-order chi connectivity index (χ1) is 11.1. The number of hydrogen-bond donors (Lipinski definition) is 1. The Morgan fingerprint density at radius 1 is 1.35 bits per heavy atom. The van der Waals surface area contributed by atoms with Crippen molar-refractivity contribution in [1.82, 2.24) is 15.4 Å². The fourth-order valence-corrected chi connectivity index (χ4v) is 2.90. The van der Waals surface area contributed by atoms with E-state index in [0.717, 1.165) is 24.3 Å². The molecule has 0 unspecified atom stereocenters. The lowest BCUT2D eigenvalue weighted by atomic mass is 9.96. The number of rotatable bonds is 7. The molecule has 23 heavy (non-hydrogen) atoms. The van der Waals surface area contributed by atoms with E-state index in [9.17, 15) is 4.79 Å². The van der Waals surface area contributed by atoms with Crippen molar-refractivity contribution in [2.75, 3.05) is 20.1 Å². The van der Waals surface area contributed by atoms with Crippen LogP contribution < -0.4 is 5.32 Å². The third kappa shape index (κ3) is 3.99. The summed E-state index contributed by atoms with van der Waals surface area (Å²) in [7, 11) is 1.91. The third-order valence-corrected chi connectivity index (χ3v) is 4.39. The van der Waals surface area contributed by atoms with Crippen LogP contribution in [-0.2, 0) is 16.8 Å². The van der Waals surface area contributed by atoms with Crippen LogP contribution in [-0.4, -0.2) is 36.1 Å². The maximum absolute atomic E-state index is 12.2. The van der Waals surface area contributed by atoms with Crippen molar-refractivity contribution in [3.8, 4) is 0 Å². The second-order valence-electron chi connectivity index (χ2n) is 6.52. The van der Waals surface area contributed by atoms with Gasteiger partial charge in [0.25, 0.3) is 0 Å². The van der Waals surface area contributed by atoms with Gasteiger partial charge in [-0.05, 0) is 32.4 Å². The molecule has 2 aromatic rings. The number of nitrogens with one attached hydrogen (secondary N) is 1. The van der Waals surface area contributed by atoms with E-state index in [0.29, 0.717) is 19.6 Å². The second kappa shape index (κ2) is 6.54. The van der Waals surface area contributed by atoms with Crippen molar-refractivity contribution in [1.29, 1.82) is 0 Å². The highest BCUT2D eigenvalue weighted by Crippen LogP contribution is 2.47. The van der Waals surface area contributed by atoms with E-state index in [1.807, 2.05) is 31.0 Å². The molecule has 0 spiro atoms. The number of aryl methyl sites for hydroxylation is 1. The molecule has 3 rings (SSSR count). The lowest BCUT2D eigenvalue weighted by Crippen LogP contribution is -2.38. The van der Waals surface area contributed by atoms with Gasteiger partial charge in [0.1, 0.15) is 5.76 Å². The molecular weight excluding hydrogens is 290 g/mol. The van der Waals surface area contributed by atoms with Gasteiger partial charge in [0.15, 0.2) is 0 Å². The average molecular weight is 313 g/mol. The van der Waals surface area contributed by atoms with E-state index < -0.39 is 0 Å². The smallest absolute Gasteiger partial charge is 0.234 e. The average Bonchev–Trinajstić information content (AvgIpc) is 3.23. The normalized spacial score (nSPS) is 15.6. The van der Waals surface area contributed by atoms with Crippen LogP contribution in [0, 0.1) is 6.92 Å². The Balaban J connectivity index is 1.46. The summed E-state index contributed by atoms with van der Waals surface area (Å²) in [6.07, 6.45) is 2.29. The summed E-state index contributed by atoms with van der Waals surface area (Å²) >= 11 is 0. The van der Waals surface area contributed by atoms with Crippen molar-refractivity contribution in [2.45, 2.75) is 31.7 Å². The molecule has 1 heterocycles. The van der Waals surface area contributed by atoms with Gasteiger partial charge in [0, 0.05) is 24.6 Å². The number of amides is 1. The molecule has 1 aromatic carbocycles. The van der Waals surface area contributed by atoms with E-state index in [2.05, 4.69) is 34.7 Å². The first-order valence-corrected chi connectivity index (χ1v) is 8.00. The van der Waals surface area contributed by atoms with Crippen molar-refractivity contribution in [3.05, 3.63) is 53.4 Å². The SMILES string of the molecule is Cc1cc(CN(C)CC(=O)NCC2(c3ccccc3)CC2)no1. The van der Waals surface area contributed by atoms with Crippen LogP contribution in [0.4, 0.5) is 0 Å². The van der Waals surface area contributed by atoms with Crippen LogP contribution in [0.25, 0.3) is 0 Å². The number of hydrogen-bond acceptors (Lipinski definition) is 4. The van der Waals surface area contributed by atoms with Crippen LogP contribution in [0.15, 0.2) is 40.9 Å². The predicted octanol–water partition coefficient (Wildman–Crippen LogP) is 2.26. The largest absolute Gasteiger partial charge is 0.361 e. The summed E-state index contributed by atoms with van der Waals surface area (Å²) in [6, 6.07) is 12.3. The first-order valence-electron chi connectivity index (χ1n) is 8.00. The van der Waals surface area contributed by atoms with Gasteiger partial charge in [-0.25, -0.2) is 0 Å². The molecule has 1 fully saturated rings. The van der Waals surface area contributed by atoms with Gasteiger partial charge < -0.3 is 9.84 Å². The molecule has 0 bridgehead atoms. The number of likely N-dealkylation sites (N-methyl/N-ethyl adjacent to an activating group) is 1. The zero-order chi connectivity index (χ0) is 16.3. The molecule has 0 radical (unpaired) electrons. The van der Waals surface area contributed by atoms with Gasteiger partial charge in [0.2, 0.25) is 5.91 Å². The number of benzene rings is 1. The number of carbonyl (C=O) groups is 1. The van der Waals surface area contributed by atoms with E-state index in [1.54, 1.807) is 0 Å².